The summed E-state index contributed by atoms with van der Waals surface area (Å²) in [7, 11) is 0. The van der Waals surface area contributed by atoms with Gasteiger partial charge in [0.1, 0.15) is 5.75 Å². The Hall–Kier alpha value is -1.86. The van der Waals surface area contributed by atoms with Crippen molar-refractivity contribution in [2.45, 2.75) is 24.9 Å². The highest BCUT2D eigenvalue weighted by atomic mass is 32.1. The quantitative estimate of drug-likeness (QED) is 0.836. The van der Waals surface area contributed by atoms with Gasteiger partial charge in [-0.1, -0.05) is 11.3 Å². The fourth-order valence-electron chi connectivity index (χ4n) is 3.65. The number of hydrogen-bond acceptors (Lipinski definition) is 5. The smallest absolute Gasteiger partial charge is 0.324 e. The highest BCUT2D eigenvalue weighted by Crippen LogP contribution is 2.39. The van der Waals surface area contributed by atoms with Crippen LogP contribution in [0.3, 0.4) is 0 Å². The van der Waals surface area contributed by atoms with Gasteiger partial charge in [-0.25, -0.2) is 9.78 Å². The number of carbonyl (C=O) groups excluding carboxylic acids is 1. The highest BCUT2D eigenvalue weighted by molar-refractivity contribution is 7.22. The third-order valence-corrected chi connectivity index (χ3v) is 5.76. The SMILES string of the molecule is O=C1N[C@@H]2CCNC[C@@H]2N1c1nc2c3c(ccc2s1)OCC3. The zero-order valence-electron chi connectivity index (χ0n) is 12.0. The molecule has 2 aromatic rings. The maximum absolute atomic E-state index is 12.4. The lowest BCUT2D eigenvalue weighted by molar-refractivity contribution is 0.250. The topological polar surface area (TPSA) is 66.5 Å². The van der Waals surface area contributed by atoms with Crippen molar-refractivity contribution in [3.05, 3.63) is 17.7 Å². The van der Waals surface area contributed by atoms with Crippen LogP contribution in [-0.2, 0) is 6.42 Å². The summed E-state index contributed by atoms with van der Waals surface area (Å²) in [5.41, 5.74) is 2.17. The number of rotatable bonds is 1. The molecule has 0 aliphatic carbocycles. The van der Waals surface area contributed by atoms with Gasteiger partial charge >= 0.3 is 6.03 Å². The molecular weight excluding hydrogens is 300 g/mol. The number of thiazole rings is 1. The maximum Gasteiger partial charge on any atom is 0.324 e. The molecule has 0 bridgehead atoms. The summed E-state index contributed by atoms with van der Waals surface area (Å²) in [5.74, 6) is 0.937. The van der Waals surface area contributed by atoms with Gasteiger partial charge in [-0.05, 0) is 25.1 Å². The van der Waals surface area contributed by atoms with E-state index >= 15 is 0 Å². The zero-order chi connectivity index (χ0) is 14.7. The number of urea groups is 1. The van der Waals surface area contributed by atoms with Gasteiger partial charge in [0.05, 0.1) is 28.9 Å². The van der Waals surface area contributed by atoms with Crippen LogP contribution in [0, 0.1) is 0 Å². The predicted molar refractivity (Wildman–Crippen MR) is 84.9 cm³/mol. The number of ether oxygens (including phenoxy) is 1. The summed E-state index contributed by atoms with van der Waals surface area (Å²) in [6.07, 6.45) is 1.87. The molecule has 3 aliphatic heterocycles. The van der Waals surface area contributed by atoms with E-state index in [9.17, 15) is 4.79 Å². The molecule has 2 atom stereocenters. The Morgan fingerprint density at radius 2 is 2.36 bits per heavy atom. The van der Waals surface area contributed by atoms with Gasteiger partial charge in [-0.2, -0.15) is 0 Å². The predicted octanol–water partition coefficient (Wildman–Crippen LogP) is 1.49. The second kappa shape index (κ2) is 4.57. The average Bonchev–Trinajstić information content (AvgIpc) is 3.20. The molecular formula is C15H16N4O2S. The van der Waals surface area contributed by atoms with E-state index in [1.54, 1.807) is 11.3 Å². The molecule has 0 radical (unpaired) electrons. The van der Waals surface area contributed by atoms with Crippen LogP contribution < -0.4 is 20.3 Å². The Kier molecular flexibility index (Phi) is 2.63. The zero-order valence-corrected chi connectivity index (χ0v) is 12.8. The molecule has 2 amide bonds. The van der Waals surface area contributed by atoms with Crippen LogP contribution in [0.1, 0.15) is 12.0 Å². The van der Waals surface area contributed by atoms with Crippen molar-refractivity contribution >= 4 is 32.7 Å². The standard InChI is InChI=1S/C15H16N4O2S/c20-14-17-9-3-5-16-7-10(9)19(14)15-18-13-8-4-6-21-11(8)1-2-12(13)22-15/h1-2,9-10,16H,3-7H2,(H,17,20)/t9-,10+/m1/s1. The minimum absolute atomic E-state index is 0.0225. The van der Waals surface area contributed by atoms with Gasteiger partial charge in [0.15, 0.2) is 5.13 Å². The molecule has 2 N–H and O–H groups in total. The van der Waals surface area contributed by atoms with Crippen LogP contribution in [0.4, 0.5) is 9.93 Å². The Balaban J connectivity index is 1.60. The summed E-state index contributed by atoms with van der Waals surface area (Å²) in [6, 6.07) is 4.43. The first-order valence-corrected chi connectivity index (χ1v) is 8.48. The van der Waals surface area contributed by atoms with Crippen molar-refractivity contribution in [3.8, 4) is 5.75 Å². The fourth-order valence-corrected chi connectivity index (χ4v) is 4.70. The molecule has 1 aromatic heterocycles. The molecule has 5 rings (SSSR count). The first kappa shape index (κ1) is 12.7. The first-order chi connectivity index (χ1) is 10.8. The number of hydrogen-bond donors (Lipinski definition) is 2. The fraction of sp³-hybridized carbons (Fsp3) is 0.467. The normalized spacial score (nSPS) is 26.7. The Labute approximate surface area is 131 Å². The van der Waals surface area contributed by atoms with E-state index < -0.39 is 0 Å². The largest absolute Gasteiger partial charge is 0.493 e. The summed E-state index contributed by atoms with van der Waals surface area (Å²) in [5, 5.41) is 7.26. The van der Waals surface area contributed by atoms with Crippen LogP contribution in [0.2, 0.25) is 0 Å². The number of fused-ring (bicyclic) bond motifs is 4. The molecule has 22 heavy (non-hydrogen) atoms. The maximum atomic E-state index is 12.4. The number of carbonyl (C=O) groups is 1. The molecule has 4 heterocycles. The lowest BCUT2D eigenvalue weighted by Crippen LogP contribution is -2.49. The second-order valence-corrected chi connectivity index (χ2v) is 6.98. The first-order valence-electron chi connectivity index (χ1n) is 7.67. The molecule has 114 valence electrons. The van der Waals surface area contributed by atoms with Crippen LogP contribution in [0.25, 0.3) is 10.2 Å². The van der Waals surface area contributed by atoms with Crippen LogP contribution in [0.15, 0.2) is 12.1 Å². The van der Waals surface area contributed by atoms with Crippen molar-refractivity contribution in [2.24, 2.45) is 0 Å². The molecule has 1 aromatic carbocycles. The summed E-state index contributed by atoms with van der Waals surface area (Å²) < 4.78 is 6.73. The van der Waals surface area contributed by atoms with Crippen LogP contribution in [0.5, 0.6) is 5.75 Å². The van der Waals surface area contributed by atoms with Gasteiger partial charge in [-0.15, -0.1) is 0 Å². The number of anilines is 1. The van der Waals surface area contributed by atoms with Gasteiger partial charge in [0, 0.05) is 18.5 Å². The van der Waals surface area contributed by atoms with E-state index in [-0.39, 0.29) is 18.1 Å². The Bertz CT molecular complexity index is 774. The summed E-state index contributed by atoms with van der Waals surface area (Å²) in [6.45, 7) is 2.50. The molecule has 2 fully saturated rings. The van der Waals surface area contributed by atoms with Crippen LogP contribution >= 0.6 is 11.3 Å². The summed E-state index contributed by atoms with van der Waals surface area (Å²) in [4.78, 5) is 19.0. The third-order valence-electron chi connectivity index (χ3n) is 4.74. The number of benzene rings is 1. The molecule has 7 heteroatoms. The summed E-state index contributed by atoms with van der Waals surface area (Å²) >= 11 is 1.59. The molecule has 0 unspecified atom stereocenters. The highest BCUT2D eigenvalue weighted by Gasteiger charge is 2.42. The van der Waals surface area contributed by atoms with Crippen molar-refractivity contribution in [2.75, 3.05) is 24.6 Å². The van der Waals surface area contributed by atoms with E-state index in [0.717, 1.165) is 53.6 Å². The van der Waals surface area contributed by atoms with E-state index in [4.69, 9.17) is 9.72 Å². The number of nitrogens with one attached hydrogen (secondary N) is 2. The number of nitrogens with zero attached hydrogens (tertiary/aromatic N) is 2. The molecule has 6 nitrogen and oxygen atoms in total. The van der Waals surface area contributed by atoms with E-state index in [1.807, 2.05) is 17.0 Å². The second-order valence-electron chi connectivity index (χ2n) is 5.97. The third kappa shape index (κ3) is 1.69. The van der Waals surface area contributed by atoms with Gasteiger partial charge in [-0.3, -0.25) is 4.90 Å². The lowest BCUT2D eigenvalue weighted by Gasteiger charge is -2.28. The van der Waals surface area contributed by atoms with E-state index in [2.05, 4.69) is 10.6 Å². The van der Waals surface area contributed by atoms with Crippen molar-refractivity contribution in [3.63, 3.8) is 0 Å². The van der Waals surface area contributed by atoms with E-state index in [1.165, 1.54) is 5.56 Å². The molecule has 0 spiro atoms. The van der Waals surface area contributed by atoms with Crippen molar-refractivity contribution in [1.29, 1.82) is 0 Å². The number of amides is 2. The van der Waals surface area contributed by atoms with E-state index in [0.29, 0.717) is 0 Å². The monoisotopic (exact) mass is 316 g/mol. The lowest BCUT2D eigenvalue weighted by atomic mass is 10.0. The van der Waals surface area contributed by atoms with Gasteiger partial charge in [0.25, 0.3) is 0 Å². The van der Waals surface area contributed by atoms with Gasteiger partial charge in [0.2, 0.25) is 0 Å². The minimum atomic E-state index is -0.0225. The average molecular weight is 316 g/mol. The molecule has 2 saturated heterocycles. The minimum Gasteiger partial charge on any atom is -0.493 e. The Morgan fingerprint density at radius 3 is 3.32 bits per heavy atom. The number of aromatic nitrogens is 1. The van der Waals surface area contributed by atoms with Crippen molar-refractivity contribution in [1.82, 2.24) is 15.6 Å². The van der Waals surface area contributed by atoms with Gasteiger partial charge < -0.3 is 15.4 Å². The Morgan fingerprint density at radius 1 is 1.41 bits per heavy atom. The molecule has 3 aliphatic rings. The molecule has 0 saturated carbocycles. The number of piperidine rings is 1. The van der Waals surface area contributed by atoms with Crippen LogP contribution in [-0.4, -0.2) is 42.8 Å². The van der Waals surface area contributed by atoms with Crippen molar-refractivity contribution < 1.29 is 9.53 Å².